The molecule has 1 fully saturated rings. The highest BCUT2D eigenvalue weighted by atomic mass is 35.5. The molecule has 148 valence electrons. The molecule has 1 aliphatic heterocycles. The second kappa shape index (κ2) is 8.12. The number of ketones is 1. The van der Waals surface area contributed by atoms with Crippen molar-refractivity contribution in [3.63, 3.8) is 0 Å². The van der Waals surface area contributed by atoms with E-state index in [2.05, 4.69) is 4.72 Å². The zero-order valence-electron chi connectivity index (χ0n) is 14.7. The largest absolute Gasteiger partial charge is 0.308 e. The van der Waals surface area contributed by atoms with Gasteiger partial charge in [0.15, 0.2) is 5.78 Å². The predicted molar refractivity (Wildman–Crippen MR) is 108 cm³/mol. The monoisotopic (exact) mass is 442 g/mol. The van der Waals surface area contributed by atoms with Crippen LogP contribution in [0.25, 0.3) is 6.08 Å². The number of hydrogen-bond acceptors (Lipinski definition) is 5. The van der Waals surface area contributed by atoms with Crippen molar-refractivity contribution < 1.29 is 22.4 Å². The lowest BCUT2D eigenvalue weighted by Crippen LogP contribution is -2.40. The average Bonchev–Trinajstić information content (AvgIpc) is 3.19. The van der Waals surface area contributed by atoms with Gasteiger partial charge in [0.05, 0.1) is 10.0 Å². The Morgan fingerprint density at radius 2 is 2.11 bits per heavy atom. The minimum atomic E-state index is -3.87. The van der Waals surface area contributed by atoms with Gasteiger partial charge in [-0.3, -0.25) is 9.59 Å². The summed E-state index contributed by atoms with van der Waals surface area (Å²) in [7, 11) is -3.87. The fraction of sp³-hybridized carbons (Fsp3) is 0.222. The number of Topliss-reactive ketones (excluding diaryl/α,β-unsaturated/α-hetero) is 1. The minimum absolute atomic E-state index is 0.0143. The number of rotatable bonds is 6. The van der Waals surface area contributed by atoms with Crippen molar-refractivity contribution in [2.75, 3.05) is 11.4 Å². The van der Waals surface area contributed by atoms with E-state index >= 15 is 0 Å². The molecule has 3 rings (SSSR count). The van der Waals surface area contributed by atoms with Gasteiger partial charge in [0.25, 0.3) is 0 Å². The number of halogens is 2. The zero-order chi connectivity index (χ0) is 20.5. The van der Waals surface area contributed by atoms with Gasteiger partial charge in [0.1, 0.15) is 11.9 Å². The van der Waals surface area contributed by atoms with Crippen LogP contribution in [0.1, 0.15) is 28.6 Å². The Morgan fingerprint density at radius 1 is 1.36 bits per heavy atom. The van der Waals surface area contributed by atoms with E-state index in [1.54, 1.807) is 12.1 Å². The number of anilines is 1. The van der Waals surface area contributed by atoms with Gasteiger partial charge in [0, 0.05) is 22.4 Å². The van der Waals surface area contributed by atoms with Crippen LogP contribution in [0.2, 0.25) is 4.34 Å². The number of nitrogens with one attached hydrogen (secondary N) is 1. The molecule has 2 heterocycles. The Morgan fingerprint density at radius 3 is 2.71 bits per heavy atom. The maximum Gasteiger partial charge on any atom is 0.245 e. The number of benzene rings is 1. The summed E-state index contributed by atoms with van der Waals surface area (Å²) in [5.41, 5.74) is 0.212. The number of thiophene rings is 1. The van der Waals surface area contributed by atoms with E-state index in [1.807, 2.05) is 0 Å². The summed E-state index contributed by atoms with van der Waals surface area (Å²) in [5.74, 6) is -1.55. The van der Waals surface area contributed by atoms with Crippen LogP contribution in [0, 0.1) is 5.82 Å². The fourth-order valence-corrected chi connectivity index (χ4v) is 4.85. The lowest BCUT2D eigenvalue weighted by molar-refractivity contribution is -0.118. The van der Waals surface area contributed by atoms with Crippen molar-refractivity contribution in [2.24, 2.45) is 0 Å². The number of carbonyl (C=O) groups is 2. The molecule has 1 aliphatic rings. The highest BCUT2D eigenvalue weighted by molar-refractivity contribution is 7.92. The molecule has 1 atom stereocenters. The van der Waals surface area contributed by atoms with Gasteiger partial charge in [-0.05, 0) is 49.8 Å². The molecule has 2 aromatic rings. The van der Waals surface area contributed by atoms with Crippen molar-refractivity contribution in [3.8, 4) is 0 Å². The Bertz CT molecular complexity index is 1070. The molecule has 0 saturated carbocycles. The molecule has 6 nitrogen and oxygen atoms in total. The molecule has 10 heteroatoms. The topological polar surface area (TPSA) is 83.6 Å². The van der Waals surface area contributed by atoms with Crippen LogP contribution in [-0.4, -0.2) is 32.7 Å². The van der Waals surface area contributed by atoms with E-state index in [4.69, 9.17) is 11.6 Å². The molecular formula is C18H16ClFN2O4S2. The van der Waals surface area contributed by atoms with Crippen LogP contribution in [0.4, 0.5) is 10.1 Å². The summed E-state index contributed by atoms with van der Waals surface area (Å²) < 4.78 is 41.6. The van der Waals surface area contributed by atoms with Crippen molar-refractivity contribution in [1.82, 2.24) is 4.72 Å². The van der Waals surface area contributed by atoms with Crippen LogP contribution < -0.4 is 9.62 Å². The van der Waals surface area contributed by atoms with Gasteiger partial charge < -0.3 is 4.90 Å². The van der Waals surface area contributed by atoms with Crippen LogP contribution in [-0.2, 0) is 14.8 Å². The van der Waals surface area contributed by atoms with Crippen LogP contribution >= 0.6 is 22.9 Å². The predicted octanol–water partition coefficient (Wildman–Crippen LogP) is 3.44. The summed E-state index contributed by atoms with van der Waals surface area (Å²) >= 11 is 7.02. The first-order valence-corrected chi connectivity index (χ1v) is 11.0. The lowest BCUT2D eigenvalue weighted by Gasteiger charge is -2.18. The lowest BCUT2D eigenvalue weighted by atomic mass is 10.1. The number of amides is 1. The van der Waals surface area contributed by atoms with E-state index in [9.17, 15) is 22.4 Å². The van der Waals surface area contributed by atoms with Gasteiger partial charge in [-0.15, -0.1) is 11.3 Å². The summed E-state index contributed by atoms with van der Waals surface area (Å²) in [6.45, 7) is 1.48. The summed E-state index contributed by atoms with van der Waals surface area (Å²) in [5, 5.41) is 0.966. The third kappa shape index (κ3) is 4.67. The van der Waals surface area contributed by atoms with Gasteiger partial charge in [-0.25, -0.2) is 12.8 Å². The van der Waals surface area contributed by atoms with Crippen LogP contribution in [0.15, 0.2) is 35.7 Å². The summed E-state index contributed by atoms with van der Waals surface area (Å²) in [6, 6.07) is 6.18. The maximum absolute atomic E-state index is 14.3. The quantitative estimate of drug-likeness (QED) is 0.694. The molecule has 1 aromatic carbocycles. The SMILES string of the molecule is CC(=O)c1ccc(N2CC[C@H](NS(=O)(=O)C=Cc3ccc(Cl)s3)C2=O)c(F)c1. The summed E-state index contributed by atoms with van der Waals surface area (Å²) in [4.78, 5) is 25.7. The number of sulfonamides is 1. The Balaban J connectivity index is 1.71. The molecular weight excluding hydrogens is 427 g/mol. The first kappa shape index (κ1) is 20.7. The van der Waals surface area contributed by atoms with E-state index in [1.165, 1.54) is 41.4 Å². The first-order chi connectivity index (χ1) is 13.2. The van der Waals surface area contributed by atoms with E-state index in [0.717, 1.165) is 11.5 Å². The normalized spacial score (nSPS) is 17.6. The highest BCUT2D eigenvalue weighted by Crippen LogP contribution is 2.26. The van der Waals surface area contributed by atoms with E-state index in [0.29, 0.717) is 9.21 Å². The Hall–Kier alpha value is -2.07. The van der Waals surface area contributed by atoms with Gasteiger partial charge in [0.2, 0.25) is 15.9 Å². The van der Waals surface area contributed by atoms with Crippen molar-refractivity contribution in [2.45, 2.75) is 19.4 Å². The van der Waals surface area contributed by atoms with Gasteiger partial charge in [-0.2, -0.15) is 4.72 Å². The summed E-state index contributed by atoms with van der Waals surface area (Å²) in [6.07, 6.45) is 1.58. The Kier molecular flexibility index (Phi) is 5.99. The average molecular weight is 443 g/mol. The molecule has 0 aliphatic carbocycles. The highest BCUT2D eigenvalue weighted by Gasteiger charge is 2.35. The molecule has 0 bridgehead atoms. The van der Waals surface area contributed by atoms with Crippen molar-refractivity contribution in [3.05, 3.63) is 56.3 Å². The zero-order valence-corrected chi connectivity index (χ0v) is 17.1. The fourth-order valence-electron chi connectivity index (χ4n) is 2.79. The minimum Gasteiger partial charge on any atom is -0.308 e. The molecule has 1 N–H and O–H groups in total. The number of carbonyl (C=O) groups excluding carboxylic acids is 2. The van der Waals surface area contributed by atoms with Gasteiger partial charge in [-0.1, -0.05) is 11.6 Å². The van der Waals surface area contributed by atoms with Gasteiger partial charge >= 0.3 is 0 Å². The van der Waals surface area contributed by atoms with Crippen LogP contribution in [0.3, 0.4) is 0 Å². The Labute approximate surface area is 170 Å². The standard InChI is InChI=1S/C18H16ClFN2O4S2/c1-11(23)12-2-4-16(14(20)10-12)22-8-6-15(18(22)24)21-28(25,26)9-7-13-3-5-17(19)27-13/h2-5,7,9-10,15,21H,6,8H2,1H3/t15-/m0/s1. The van der Waals surface area contributed by atoms with Crippen LogP contribution in [0.5, 0.6) is 0 Å². The molecule has 1 aromatic heterocycles. The van der Waals surface area contributed by atoms with E-state index < -0.39 is 27.8 Å². The third-order valence-corrected chi connectivity index (χ3v) is 6.47. The molecule has 0 unspecified atom stereocenters. The number of nitrogens with zero attached hydrogens (tertiary/aromatic N) is 1. The molecule has 1 amide bonds. The third-order valence-electron chi connectivity index (χ3n) is 4.16. The first-order valence-electron chi connectivity index (χ1n) is 8.24. The van der Waals surface area contributed by atoms with Crippen molar-refractivity contribution >= 4 is 56.4 Å². The molecule has 28 heavy (non-hydrogen) atoms. The van der Waals surface area contributed by atoms with E-state index in [-0.39, 0.29) is 30.0 Å². The second-order valence-corrected chi connectivity index (χ2v) is 9.51. The second-order valence-electron chi connectivity index (χ2n) is 6.16. The smallest absolute Gasteiger partial charge is 0.245 e. The molecule has 0 radical (unpaired) electrons. The maximum atomic E-state index is 14.3. The molecule has 0 spiro atoms. The number of hydrogen-bond donors (Lipinski definition) is 1. The van der Waals surface area contributed by atoms with Crippen molar-refractivity contribution in [1.29, 1.82) is 0 Å². The molecule has 1 saturated heterocycles.